The maximum Gasteiger partial charge on any atom is 0.282 e. The average Bonchev–Trinajstić information content (AvgIpc) is 2.84. The zero-order valence-corrected chi connectivity index (χ0v) is 24.0. The first-order valence-corrected chi connectivity index (χ1v) is 13.2. The van der Waals surface area contributed by atoms with Gasteiger partial charge in [0.2, 0.25) is 0 Å². The molecule has 0 aliphatic carbocycles. The molecule has 1 aromatic heterocycles. The van der Waals surface area contributed by atoms with Crippen LogP contribution in [0, 0.1) is 0 Å². The van der Waals surface area contributed by atoms with Crippen molar-refractivity contribution in [2.24, 2.45) is 5.10 Å². The standard InChI is InChI=1S/C28H26BrCl2N3O3/c1-5-36-24-13-18(12-22(31)25(24)37-16-17-6-9-20(30)10-7-17)15-32-34-26(35)21-14-19(29)8-11-23(21)33-27(34)28(2,3)4/h6-15H,5,16H2,1-4H3. The molecule has 0 saturated carbocycles. The molecule has 0 unspecified atom stereocenters. The Hall–Kier alpha value is -2.87. The molecule has 0 aliphatic heterocycles. The van der Waals surface area contributed by atoms with Crippen LogP contribution < -0.4 is 15.0 Å². The average molecular weight is 603 g/mol. The van der Waals surface area contributed by atoms with Gasteiger partial charge in [-0.3, -0.25) is 4.79 Å². The Morgan fingerprint density at radius 3 is 2.46 bits per heavy atom. The minimum Gasteiger partial charge on any atom is -0.490 e. The molecule has 9 heteroatoms. The summed E-state index contributed by atoms with van der Waals surface area (Å²) in [6, 6.07) is 16.3. The number of benzene rings is 3. The summed E-state index contributed by atoms with van der Waals surface area (Å²) < 4.78 is 13.9. The maximum absolute atomic E-state index is 13.4. The Bertz CT molecular complexity index is 1530. The minimum atomic E-state index is -0.425. The number of fused-ring (bicyclic) bond motifs is 1. The molecule has 1 heterocycles. The van der Waals surface area contributed by atoms with Crippen molar-refractivity contribution in [3.63, 3.8) is 0 Å². The first kappa shape index (κ1) is 27.2. The van der Waals surface area contributed by atoms with Gasteiger partial charge in [-0.15, -0.1) is 0 Å². The minimum absolute atomic E-state index is 0.258. The number of hydrogen-bond donors (Lipinski definition) is 0. The Labute approximate surface area is 234 Å². The molecule has 4 rings (SSSR count). The van der Waals surface area contributed by atoms with Gasteiger partial charge in [-0.05, 0) is 60.5 Å². The molecule has 192 valence electrons. The smallest absolute Gasteiger partial charge is 0.282 e. The van der Waals surface area contributed by atoms with E-state index in [-0.39, 0.29) is 5.56 Å². The first-order chi connectivity index (χ1) is 17.6. The first-order valence-electron chi connectivity index (χ1n) is 11.7. The summed E-state index contributed by atoms with van der Waals surface area (Å²) in [6.45, 7) is 8.57. The molecule has 37 heavy (non-hydrogen) atoms. The Balaban J connectivity index is 1.72. The fourth-order valence-electron chi connectivity index (χ4n) is 3.67. The van der Waals surface area contributed by atoms with Crippen LogP contribution in [0.4, 0.5) is 0 Å². The van der Waals surface area contributed by atoms with Crippen molar-refractivity contribution in [3.05, 3.63) is 96.4 Å². The number of hydrogen-bond acceptors (Lipinski definition) is 5. The highest BCUT2D eigenvalue weighted by molar-refractivity contribution is 9.10. The van der Waals surface area contributed by atoms with Crippen LogP contribution in [-0.4, -0.2) is 22.5 Å². The topological polar surface area (TPSA) is 65.7 Å². The van der Waals surface area contributed by atoms with E-state index in [1.54, 1.807) is 36.5 Å². The SMILES string of the molecule is CCOc1cc(C=Nn2c(C(C)(C)C)nc3ccc(Br)cc3c2=O)cc(Cl)c1OCc1ccc(Cl)cc1. The van der Waals surface area contributed by atoms with Gasteiger partial charge in [-0.1, -0.05) is 72.0 Å². The van der Waals surface area contributed by atoms with Crippen LogP contribution in [-0.2, 0) is 12.0 Å². The summed E-state index contributed by atoms with van der Waals surface area (Å²) in [7, 11) is 0. The molecule has 0 fully saturated rings. The van der Waals surface area contributed by atoms with E-state index >= 15 is 0 Å². The lowest BCUT2D eigenvalue weighted by Crippen LogP contribution is -2.29. The zero-order valence-electron chi connectivity index (χ0n) is 20.9. The van der Waals surface area contributed by atoms with Gasteiger partial charge < -0.3 is 9.47 Å². The number of aromatic nitrogens is 2. The van der Waals surface area contributed by atoms with E-state index < -0.39 is 5.41 Å². The predicted octanol–water partition coefficient (Wildman–Crippen LogP) is 7.62. The molecule has 0 bridgehead atoms. The second kappa shape index (κ2) is 11.3. The van der Waals surface area contributed by atoms with Crippen LogP contribution in [0.1, 0.15) is 44.6 Å². The van der Waals surface area contributed by atoms with Crippen molar-refractivity contribution < 1.29 is 9.47 Å². The monoisotopic (exact) mass is 601 g/mol. The molecule has 0 radical (unpaired) electrons. The summed E-state index contributed by atoms with van der Waals surface area (Å²) >= 11 is 16.0. The Morgan fingerprint density at radius 1 is 1.05 bits per heavy atom. The summed E-state index contributed by atoms with van der Waals surface area (Å²) in [5.41, 5.74) is 1.53. The van der Waals surface area contributed by atoms with Gasteiger partial charge in [0.25, 0.3) is 5.56 Å². The second-order valence-corrected chi connectivity index (χ2v) is 11.1. The van der Waals surface area contributed by atoms with Gasteiger partial charge in [0.15, 0.2) is 11.5 Å². The van der Waals surface area contributed by atoms with E-state index in [1.807, 2.05) is 52.0 Å². The lowest BCUT2D eigenvalue weighted by atomic mass is 9.95. The third kappa shape index (κ3) is 6.35. The zero-order chi connectivity index (χ0) is 26.7. The number of nitrogens with zero attached hydrogens (tertiary/aromatic N) is 3. The van der Waals surface area contributed by atoms with Crippen molar-refractivity contribution in [3.8, 4) is 11.5 Å². The van der Waals surface area contributed by atoms with Crippen molar-refractivity contribution in [2.75, 3.05) is 6.61 Å². The van der Waals surface area contributed by atoms with Gasteiger partial charge in [-0.25, -0.2) is 4.98 Å². The van der Waals surface area contributed by atoms with E-state index in [0.717, 1.165) is 10.0 Å². The maximum atomic E-state index is 13.4. The normalized spacial score (nSPS) is 11.9. The molecule has 0 amide bonds. The second-order valence-electron chi connectivity index (χ2n) is 9.39. The Kier molecular flexibility index (Phi) is 8.26. The van der Waals surface area contributed by atoms with Crippen LogP contribution in [0.2, 0.25) is 10.0 Å². The van der Waals surface area contributed by atoms with Crippen molar-refractivity contribution in [1.29, 1.82) is 0 Å². The van der Waals surface area contributed by atoms with Gasteiger partial charge in [-0.2, -0.15) is 9.78 Å². The van der Waals surface area contributed by atoms with E-state index in [0.29, 0.717) is 57.0 Å². The lowest BCUT2D eigenvalue weighted by Gasteiger charge is -2.21. The van der Waals surface area contributed by atoms with Crippen molar-refractivity contribution >= 4 is 56.2 Å². The quantitative estimate of drug-likeness (QED) is 0.204. The molecule has 0 atom stereocenters. The van der Waals surface area contributed by atoms with Gasteiger partial charge in [0.1, 0.15) is 12.4 Å². The molecule has 0 saturated heterocycles. The number of ether oxygens (including phenoxy) is 2. The molecule has 3 aromatic carbocycles. The van der Waals surface area contributed by atoms with Crippen molar-refractivity contribution in [2.45, 2.75) is 39.7 Å². The highest BCUT2D eigenvalue weighted by Crippen LogP contribution is 2.37. The summed E-state index contributed by atoms with van der Waals surface area (Å²) in [4.78, 5) is 18.2. The third-order valence-electron chi connectivity index (χ3n) is 5.43. The highest BCUT2D eigenvalue weighted by atomic mass is 79.9. The van der Waals surface area contributed by atoms with E-state index in [1.165, 1.54) is 4.68 Å². The van der Waals surface area contributed by atoms with Crippen LogP contribution in [0.15, 0.2) is 69.0 Å². The summed E-state index contributed by atoms with van der Waals surface area (Å²) in [5, 5.41) is 6.02. The molecule has 0 N–H and O–H groups in total. The van der Waals surface area contributed by atoms with Crippen LogP contribution in [0.5, 0.6) is 11.5 Å². The van der Waals surface area contributed by atoms with E-state index in [9.17, 15) is 4.79 Å². The fourth-order valence-corrected chi connectivity index (χ4v) is 4.43. The summed E-state index contributed by atoms with van der Waals surface area (Å²) in [6.07, 6.45) is 1.57. The molecular weight excluding hydrogens is 577 g/mol. The molecule has 4 aromatic rings. The van der Waals surface area contributed by atoms with Crippen LogP contribution in [0.25, 0.3) is 10.9 Å². The van der Waals surface area contributed by atoms with Gasteiger partial charge >= 0.3 is 0 Å². The van der Waals surface area contributed by atoms with Crippen molar-refractivity contribution in [1.82, 2.24) is 9.66 Å². The third-order valence-corrected chi connectivity index (χ3v) is 6.46. The molecular formula is C28H26BrCl2N3O3. The number of rotatable bonds is 7. The summed E-state index contributed by atoms with van der Waals surface area (Å²) in [5.74, 6) is 1.46. The molecule has 0 aliphatic rings. The van der Waals surface area contributed by atoms with Crippen LogP contribution in [0.3, 0.4) is 0 Å². The van der Waals surface area contributed by atoms with Crippen LogP contribution >= 0.6 is 39.1 Å². The van der Waals surface area contributed by atoms with Gasteiger partial charge in [0.05, 0.1) is 28.7 Å². The van der Waals surface area contributed by atoms with E-state index in [4.69, 9.17) is 37.7 Å². The lowest BCUT2D eigenvalue weighted by molar-refractivity contribution is 0.269. The Morgan fingerprint density at radius 2 is 1.78 bits per heavy atom. The highest BCUT2D eigenvalue weighted by Gasteiger charge is 2.23. The molecule has 0 spiro atoms. The van der Waals surface area contributed by atoms with Gasteiger partial charge in [0, 0.05) is 14.9 Å². The predicted molar refractivity (Wildman–Crippen MR) is 154 cm³/mol. The fraction of sp³-hybridized carbons (Fsp3) is 0.250. The number of halogens is 3. The largest absolute Gasteiger partial charge is 0.490 e. The van der Waals surface area contributed by atoms with E-state index in [2.05, 4.69) is 21.0 Å². The molecule has 6 nitrogen and oxygen atoms in total.